The van der Waals surface area contributed by atoms with E-state index in [-0.39, 0.29) is 5.91 Å². The summed E-state index contributed by atoms with van der Waals surface area (Å²) in [5.41, 5.74) is 8.45. The molecule has 6 heteroatoms. The fraction of sp³-hybridized carbons (Fsp3) is 0.400. The van der Waals surface area contributed by atoms with E-state index in [0.717, 1.165) is 68.4 Å². The quantitative estimate of drug-likeness (QED) is 0.137. The van der Waals surface area contributed by atoms with Gasteiger partial charge in [0.25, 0.3) is 0 Å². The Morgan fingerprint density at radius 3 is 2.44 bits per heavy atom. The molecule has 3 rings (SSSR count). The van der Waals surface area contributed by atoms with Crippen LogP contribution in [-0.4, -0.2) is 30.4 Å². The van der Waals surface area contributed by atoms with Gasteiger partial charge in [-0.1, -0.05) is 57.7 Å². The minimum absolute atomic E-state index is 0.0663. The molecule has 0 fully saturated rings. The molecular formula is C35H46N4O2. The fourth-order valence-electron chi connectivity index (χ4n) is 5.58. The van der Waals surface area contributed by atoms with Crippen LogP contribution in [0.25, 0.3) is 22.0 Å². The van der Waals surface area contributed by atoms with Gasteiger partial charge in [-0.25, -0.2) is 4.99 Å². The summed E-state index contributed by atoms with van der Waals surface area (Å²) in [6.07, 6.45) is 6.26. The van der Waals surface area contributed by atoms with E-state index >= 15 is 0 Å². The Labute approximate surface area is 245 Å². The van der Waals surface area contributed by atoms with Gasteiger partial charge < -0.3 is 20.4 Å². The number of fused-ring (bicyclic) bond motifs is 1. The molecule has 0 radical (unpaired) electrons. The van der Waals surface area contributed by atoms with E-state index in [4.69, 9.17) is 10.1 Å². The van der Waals surface area contributed by atoms with Crippen molar-refractivity contribution in [2.75, 3.05) is 12.4 Å². The highest BCUT2D eigenvalue weighted by Crippen LogP contribution is 2.41. The highest BCUT2D eigenvalue weighted by atomic mass is 16.5. The number of aliphatic imine (C=N–C) groups is 1. The molecule has 0 bridgehead atoms. The van der Waals surface area contributed by atoms with Gasteiger partial charge in [0.05, 0.1) is 7.11 Å². The third kappa shape index (κ3) is 7.24. The minimum atomic E-state index is 0.0663. The number of methoxy groups -OCH3 is 1. The van der Waals surface area contributed by atoms with Crippen LogP contribution in [0.5, 0.6) is 5.75 Å². The van der Waals surface area contributed by atoms with E-state index < -0.39 is 0 Å². The first-order valence-electron chi connectivity index (χ1n) is 14.6. The van der Waals surface area contributed by atoms with Crippen molar-refractivity contribution in [3.63, 3.8) is 0 Å². The second kappa shape index (κ2) is 14.1. The Morgan fingerprint density at radius 1 is 1.15 bits per heavy atom. The van der Waals surface area contributed by atoms with Crippen molar-refractivity contribution >= 4 is 51.9 Å². The van der Waals surface area contributed by atoms with Gasteiger partial charge in [-0.05, 0) is 87.7 Å². The van der Waals surface area contributed by atoms with Crippen molar-refractivity contribution in [1.82, 2.24) is 4.98 Å². The van der Waals surface area contributed by atoms with Crippen molar-refractivity contribution in [2.24, 2.45) is 10.9 Å². The Balaban J connectivity index is 1.94. The van der Waals surface area contributed by atoms with Gasteiger partial charge in [-0.15, -0.1) is 0 Å². The molecule has 1 aromatic heterocycles. The second-order valence-corrected chi connectivity index (χ2v) is 11.1. The first-order valence-corrected chi connectivity index (χ1v) is 14.6. The predicted molar refractivity (Wildman–Crippen MR) is 176 cm³/mol. The number of aromatic nitrogens is 1. The van der Waals surface area contributed by atoms with E-state index in [1.807, 2.05) is 51.1 Å². The van der Waals surface area contributed by atoms with Crippen LogP contribution in [0.3, 0.4) is 0 Å². The zero-order valence-electron chi connectivity index (χ0n) is 25.9. The van der Waals surface area contributed by atoms with Crippen LogP contribution in [-0.2, 0) is 4.79 Å². The Morgan fingerprint density at radius 2 is 1.88 bits per heavy atom. The number of allylic oxidation sites excluding steroid dienone is 2. The van der Waals surface area contributed by atoms with E-state index in [9.17, 15) is 4.79 Å². The van der Waals surface area contributed by atoms with Crippen molar-refractivity contribution in [2.45, 2.75) is 80.1 Å². The van der Waals surface area contributed by atoms with Crippen LogP contribution in [0.1, 0.15) is 95.4 Å². The lowest BCUT2D eigenvalue weighted by Gasteiger charge is -2.16. The average molecular weight is 555 g/mol. The zero-order chi connectivity index (χ0) is 30.3. The summed E-state index contributed by atoms with van der Waals surface area (Å²) in [4.78, 5) is 20.5. The number of aromatic amines is 1. The first-order chi connectivity index (χ1) is 19.6. The number of nitrogens with one attached hydrogen (secondary N) is 3. The summed E-state index contributed by atoms with van der Waals surface area (Å²) >= 11 is 0. The Kier molecular flexibility index (Phi) is 10.9. The van der Waals surface area contributed by atoms with Gasteiger partial charge in [-0.2, -0.15) is 0 Å². The molecule has 1 heterocycles. The number of carbonyl (C=O) groups is 1. The molecule has 2 aromatic carbocycles. The summed E-state index contributed by atoms with van der Waals surface area (Å²) in [6.45, 7) is 20.4. The standard InChI is InChI=1S/C35H46N4O2/c1-10-12-13-14-25(11-2)18-32(40)38-29-16-15-26(17-22(29)5)23(6)34-27-20-31(41-9)28(33(21(3)4)24(7)36)19-30(27)39-35(34)37-8/h15-17,19-20,25,36,39H,6,8,10-14,18H2,1-5,7,9H3,(H,38,40). The van der Waals surface area contributed by atoms with Crippen LogP contribution in [0.2, 0.25) is 0 Å². The molecule has 1 unspecified atom stereocenters. The lowest BCUT2D eigenvalue weighted by atomic mass is 9.93. The predicted octanol–water partition coefficient (Wildman–Crippen LogP) is 9.65. The lowest BCUT2D eigenvalue weighted by Crippen LogP contribution is -2.17. The number of anilines is 1. The van der Waals surface area contributed by atoms with Gasteiger partial charge in [0.2, 0.25) is 5.91 Å². The smallest absolute Gasteiger partial charge is 0.224 e. The van der Waals surface area contributed by atoms with E-state index in [0.29, 0.717) is 29.6 Å². The summed E-state index contributed by atoms with van der Waals surface area (Å²) in [6, 6.07) is 9.98. The van der Waals surface area contributed by atoms with Gasteiger partial charge in [0.15, 0.2) is 0 Å². The topological polar surface area (TPSA) is 90.3 Å². The highest BCUT2D eigenvalue weighted by molar-refractivity contribution is 6.23. The van der Waals surface area contributed by atoms with Crippen molar-refractivity contribution in [1.29, 1.82) is 5.41 Å². The molecule has 0 saturated carbocycles. The Bertz CT molecular complexity index is 1490. The maximum Gasteiger partial charge on any atom is 0.224 e. The van der Waals surface area contributed by atoms with Gasteiger partial charge in [-0.3, -0.25) is 4.79 Å². The molecule has 0 aliphatic rings. The first kappa shape index (κ1) is 31.6. The molecule has 3 aromatic rings. The number of amides is 1. The molecule has 0 saturated heterocycles. The maximum atomic E-state index is 12.8. The van der Waals surface area contributed by atoms with Gasteiger partial charge in [0, 0.05) is 45.4 Å². The zero-order valence-corrected chi connectivity index (χ0v) is 25.9. The minimum Gasteiger partial charge on any atom is -0.496 e. The monoisotopic (exact) mass is 554 g/mol. The average Bonchev–Trinajstić information content (AvgIpc) is 3.29. The molecular weight excluding hydrogens is 508 g/mol. The molecule has 0 aliphatic carbocycles. The number of H-pyrrole nitrogens is 1. The lowest BCUT2D eigenvalue weighted by molar-refractivity contribution is -0.117. The second-order valence-electron chi connectivity index (χ2n) is 11.1. The van der Waals surface area contributed by atoms with E-state index in [1.54, 1.807) is 14.0 Å². The number of hydrogen-bond donors (Lipinski definition) is 3. The number of benzene rings is 2. The normalized spacial score (nSPS) is 11.7. The fourth-order valence-corrected chi connectivity index (χ4v) is 5.58. The molecule has 41 heavy (non-hydrogen) atoms. The van der Waals surface area contributed by atoms with Crippen LogP contribution in [0, 0.1) is 18.3 Å². The maximum absolute atomic E-state index is 12.8. The number of aryl methyl sites for hydroxylation is 1. The molecule has 1 amide bonds. The summed E-state index contributed by atoms with van der Waals surface area (Å²) in [7, 11) is 1.64. The highest BCUT2D eigenvalue weighted by Gasteiger charge is 2.21. The van der Waals surface area contributed by atoms with Gasteiger partial charge in [0.1, 0.15) is 11.6 Å². The SMILES string of the molecule is C=Nc1[nH]c2cc(C(C(C)=N)=C(C)C)c(OC)cc2c1C(=C)c1ccc(NC(=O)CC(CC)CCCCC)c(C)c1. The summed E-state index contributed by atoms with van der Waals surface area (Å²) in [5, 5.41) is 12.4. The third-order valence-corrected chi connectivity index (χ3v) is 7.82. The molecule has 0 aliphatic heterocycles. The third-order valence-electron chi connectivity index (χ3n) is 7.82. The number of hydrogen-bond acceptors (Lipinski definition) is 4. The molecule has 218 valence electrons. The molecule has 6 nitrogen and oxygen atoms in total. The number of carbonyl (C=O) groups excluding carboxylic acids is 1. The molecule has 1 atom stereocenters. The largest absolute Gasteiger partial charge is 0.496 e. The van der Waals surface area contributed by atoms with E-state index in [1.165, 1.54) is 19.3 Å². The van der Waals surface area contributed by atoms with Gasteiger partial charge >= 0.3 is 0 Å². The number of ether oxygens (including phenoxy) is 1. The number of unbranched alkanes of at least 4 members (excludes halogenated alkanes) is 2. The van der Waals surface area contributed by atoms with Crippen molar-refractivity contribution in [3.8, 4) is 5.75 Å². The van der Waals surface area contributed by atoms with Crippen molar-refractivity contribution < 1.29 is 9.53 Å². The van der Waals surface area contributed by atoms with Crippen LogP contribution in [0.4, 0.5) is 11.5 Å². The Hall–Kier alpha value is -3.93. The van der Waals surface area contributed by atoms with Crippen LogP contribution >= 0.6 is 0 Å². The summed E-state index contributed by atoms with van der Waals surface area (Å²) < 4.78 is 5.79. The van der Waals surface area contributed by atoms with E-state index in [2.05, 4.69) is 42.4 Å². The van der Waals surface area contributed by atoms with Crippen LogP contribution in [0.15, 0.2) is 47.5 Å². The number of nitrogens with zero attached hydrogens (tertiary/aromatic N) is 1. The molecule has 3 N–H and O–H groups in total. The summed E-state index contributed by atoms with van der Waals surface area (Å²) in [5.74, 6) is 1.79. The van der Waals surface area contributed by atoms with Crippen LogP contribution < -0.4 is 10.1 Å². The molecule has 0 spiro atoms. The van der Waals surface area contributed by atoms with Crippen molar-refractivity contribution in [3.05, 3.63) is 64.7 Å². The number of rotatable bonds is 14.